The first-order valence-electron chi connectivity index (χ1n) is 2.89. The van der Waals surface area contributed by atoms with E-state index in [1.54, 1.807) is 0 Å². The Balaban J connectivity index is 3.62. The second kappa shape index (κ2) is 2.80. The summed E-state index contributed by atoms with van der Waals surface area (Å²) < 4.78 is 2.48. The summed E-state index contributed by atoms with van der Waals surface area (Å²) in [6, 6.07) is 0. The van der Waals surface area contributed by atoms with Gasteiger partial charge in [-0.2, -0.15) is 0 Å². The molecule has 0 aromatic heterocycles. The van der Waals surface area contributed by atoms with Gasteiger partial charge in [-0.3, -0.25) is 0 Å². The van der Waals surface area contributed by atoms with Crippen molar-refractivity contribution in [3.8, 4) is 0 Å². The Morgan fingerprint density at radius 3 is 1.62 bits per heavy atom. The van der Waals surface area contributed by atoms with E-state index in [4.69, 9.17) is 0 Å². The molecule has 0 aliphatic carbocycles. The lowest BCUT2D eigenvalue weighted by atomic mass is 11.6. The van der Waals surface area contributed by atoms with Gasteiger partial charge in [0.15, 0.2) is 0 Å². The van der Waals surface area contributed by atoms with E-state index in [0.717, 1.165) is 9.68 Å². The maximum atomic E-state index is 2.48. The fraction of sp³-hybridized carbons (Fsp3) is 1.00. The van der Waals surface area contributed by atoms with E-state index in [1.807, 2.05) is 0 Å². The van der Waals surface area contributed by atoms with Crippen LogP contribution >= 0.6 is 0 Å². The highest BCUT2D eigenvalue weighted by Crippen LogP contribution is 2.02. The Bertz CT molecular complexity index is 67.3. The first-order chi connectivity index (χ1) is 3.48. The maximum absolute atomic E-state index is 2.48. The average molecular weight is 145 g/mol. The van der Waals surface area contributed by atoms with E-state index in [-0.39, 0.29) is 0 Å². The van der Waals surface area contributed by atoms with Crippen LogP contribution in [0.25, 0.3) is 0 Å². The molecule has 48 valence electrons. The van der Waals surface area contributed by atoms with Crippen LogP contribution in [-0.4, -0.2) is 29.2 Å². The van der Waals surface area contributed by atoms with Crippen molar-refractivity contribution in [1.82, 2.24) is 4.23 Å². The fourth-order valence-electron chi connectivity index (χ4n) is 0.335. The molecule has 0 spiro atoms. The summed E-state index contributed by atoms with van der Waals surface area (Å²) in [6.45, 7) is 9.33. The predicted octanol–water partition coefficient (Wildman–Crippen LogP) is 1.42. The molecule has 0 heterocycles. The Morgan fingerprint density at radius 1 is 1.25 bits per heavy atom. The summed E-state index contributed by atoms with van der Waals surface area (Å²) in [6.07, 6.45) is 0. The van der Waals surface area contributed by atoms with Crippen molar-refractivity contribution in [2.75, 3.05) is 7.05 Å². The van der Waals surface area contributed by atoms with E-state index in [2.05, 4.69) is 37.5 Å². The topological polar surface area (TPSA) is 3.24 Å². The van der Waals surface area contributed by atoms with Crippen LogP contribution in [0.3, 0.4) is 0 Å². The van der Waals surface area contributed by atoms with Gasteiger partial charge in [-0.25, -0.2) is 0 Å². The largest absolute Gasteiger partial charge is 0.350 e. The lowest BCUT2D eigenvalue weighted by Crippen LogP contribution is -2.44. The number of hydrogen-bond donors (Lipinski definition) is 0. The van der Waals surface area contributed by atoms with Crippen LogP contribution in [0.5, 0.6) is 0 Å². The zero-order chi connectivity index (χ0) is 6.78. The van der Waals surface area contributed by atoms with Crippen molar-refractivity contribution in [1.29, 1.82) is 0 Å². The van der Waals surface area contributed by atoms with Crippen LogP contribution in [0, 0.1) is 0 Å². The minimum Gasteiger partial charge on any atom is -0.350 e. The number of nitrogens with zero attached hydrogens (tertiary/aromatic N) is 1. The van der Waals surface area contributed by atoms with Crippen molar-refractivity contribution in [3.05, 3.63) is 0 Å². The average Bonchev–Trinajstić information content (AvgIpc) is 1.62. The van der Waals surface area contributed by atoms with Crippen LogP contribution < -0.4 is 0 Å². The molecule has 0 unspecified atom stereocenters. The van der Waals surface area contributed by atoms with Crippen molar-refractivity contribution in [2.45, 2.75) is 26.2 Å². The van der Waals surface area contributed by atoms with Crippen LogP contribution in [0.2, 0.25) is 26.2 Å². The number of rotatable bonds is 2. The second-order valence-electron chi connectivity index (χ2n) is 2.95. The lowest BCUT2D eigenvalue weighted by Gasteiger charge is -2.27. The second-order valence-corrected chi connectivity index (χ2v) is 9.53. The van der Waals surface area contributed by atoms with E-state index in [1.165, 1.54) is 0 Å². The van der Waals surface area contributed by atoms with Crippen LogP contribution in [0.1, 0.15) is 0 Å². The summed E-state index contributed by atoms with van der Waals surface area (Å²) in [5.41, 5.74) is 0. The van der Waals surface area contributed by atoms with Gasteiger partial charge in [-0.15, -0.1) is 0 Å². The molecule has 0 atom stereocenters. The molecular weight excluding hydrogens is 130 g/mol. The summed E-state index contributed by atoms with van der Waals surface area (Å²) in [5.74, 6) is 0. The summed E-state index contributed by atoms with van der Waals surface area (Å²) in [7, 11) is 2.28. The van der Waals surface area contributed by atoms with Gasteiger partial charge in [0.2, 0.25) is 0 Å². The third-order valence-electron chi connectivity index (χ3n) is 1.34. The first-order valence-corrected chi connectivity index (χ1v) is 7.79. The zero-order valence-corrected chi connectivity index (χ0v) is 8.45. The SMILES string of the molecule is C[Si]N(C)[Si](C)(C)C. The fourth-order valence-corrected chi connectivity index (χ4v) is 3.02. The molecule has 2 radical (unpaired) electrons. The highest BCUT2D eigenvalue weighted by Gasteiger charge is 2.17. The Kier molecular flexibility index (Phi) is 2.94. The molecule has 0 aromatic rings. The normalized spacial score (nSPS) is 12.8. The van der Waals surface area contributed by atoms with Crippen LogP contribution in [-0.2, 0) is 0 Å². The number of hydrogen-bond acceptors (Lipinski definition) is 1. The van der Waals surface area contributed by atoms with Gasteiger partial charge >= 0.3 is 0 Å². The van der Waals surface area contributed by atoms with Gasteiger partial charge in [-0.1, -0.05) is 26.2 Å². The molecule has 0 saturated carbocycles. The third kappa shape index (κ3) is 2.64. The Labute approximate surface area is 56.1 Å². The smallest absolute Gasteiger partial charge is 0.130 e. The molecule has 0 amide bonds. The van der Waals surface area contributed by atoms with Crippen LogP contribution in [0.15, 0.2) is 0 Å². The summed E-state index contributed by atoms with van der Waals surface area (Å²) in [5, 5.41) is 0. The minimum absolute atomic E-state index is 0.915. The third-order valence-corrected chi connectivity index (χ3v) is 6.71. The molecule has 0 fully saturated rings. The van der Waals surface area contributed by atoms with Gasteiger partial charge in [-0.05, 0) is 7.05 Å². The minimum atomic E-state index is -0.915. The summed E-state index contributed by atoms with van der Waals surface area (Å²) >= 11 is 0. The van der Waals surface area contributed by atoms with Gasteiger partial charge in [0.25, 0.3) is 0 Å². The van der Waals surface area contributed by atoms with E-state index in [9.17, 15) is 0 Å². The Morgan fingerprint density at radius 2 is 1.62 bits per heavy atom. The molecule has 0 saturated heterocycles. The standard InChI is InChI=1S/C5H15NSi2/c1-6(7-2)8(3,4)5/h1-5H3. The quantitative estimate of drug-likeness (QED) is 0.531. The molecule has 0 aliphatic heterocycles. The molecule has 0 rings (SSSR count). The zero-order valence-electron chi connectivity index (χ0n) is 6.45. The first kappa shape index (κ1) is 8.39. The van der Waals surface area contributed by atoms with Gasteiger partial charge in [0.05, 0.1) is 0 Å². The van der Waals surface area contributed by atoms with E-state index < -0.39 is 8.24 Å². The van der Waals surface area contributed by atoms with Gasteiger partial charge in [0.1, 0.15) is 17.9 Å². The maximum Gasteiger partial charge on any atom is 0.130 e. The van der Waals surface area contributed by atoms with Crippen LogP contribution in [0.4, 0.5) is 0 Å². The summed E-state index contributed by atoms with van der Waals surface area (Å²) in [4.78, 5) is 0. The molecule has 1 nitrogen and oxygen atoms in total. The van der Waals surface area contributed by atoms with Gasteiger partial charge in [0, 0.05) is 0 Å². The van der Waals surface area contributed by atoms with E-state index in [0.29, 0.717) is 0 Å². The molecule has 0 aliphatic rings. The lowest BCUT2D eigenvalue weighted by molar-refractivity contribution is 0.804. The van der Waals surface area contributed by atoms with Crippen molar-refractivity contribution in [2.24, 2.45) is 0 Å². The highest BCUT2D eigenvalue weighted by molar-refractivity contribution is 6.78. The van der Waals surface area contributed by atoms with Crippen molar-refractivity contribution >= 4 is 17.9 Å². The Hall–Kier alpha value is 0.394. The highest BCUT2D eigenvalue weighted by atomic mass is 28.4. The molecule has 0 aromatic carbocycles. The monoisotopic (exact) mass is 145 g/mol. The van der Waals surface area contributed by atoms with Crippen molar-refractivity contribution < 1.29 is 0 Å². The molecule has 8 heavy (non-hydrogen) atoms. The molecule has 0 N–H and O–H groups in total. The van der Waals surface area contributed by atoms with E-state index >= 15 is 0 Å². The molecule has 3 heteroatoms. The molecular formula is C5H15NSi2. The molecule has 0 bridgehead atoms. The van der Waals surface area contributed by atoms with Crippen molar-refractivity contribution in [3.63, 3.8) is 0 Å². The predicted molar refractivity (Wildman–Crippen MR) is 42.7 cm³/mol. The van der Waals surface area contributed by atoms with Gasteiger partial charge < -0.3 is 4.23 Å².